The van der Waals surface area contributed by atoms with Gasteiger partial charge in [-0.1, -0.05) is 0 Å². The molecule has 0 aromatic carbocycles. The Kier molecular flexibility index (Phi) is 5.86. The van der Waals surface area contributed by atoms with Crippen LogP contribution in [0, 0.1) is 5.92 Å². The van der Waals surface area contributed by atoms with Gasteiger partial charge in [0.05, 0.1) is 11.6 Å². The summed E-state index contributed by atoms with van der Waals surface area (Å²) in [5.74, 6) is 0.453. The molecule has 7 nitrogen and oxygen atoms in total. The highest BCUT2D eigenvalue weighted by molar-refractivity contribution is 5.70. The Labute approximate surface area is 150 Å². The van der Waals surface area contributed by atoms with E-state index < -0.39 is 11.2 Å². The standard InChI is InChI=1S/C18H32N2O5/c1-17(2,3)25-15(21)19-9-6-13(7-10-19)8-11-20-14(18(4,5)23)12-24-16(20)22/h13-14,23H,6-12H2,1-5H3/t14-/m0/s1. The Bertz CT molecular complexity index is 487. The number of amides is 2. The fraction of sp³-hybridized carbons (Fsp3) is 0.889. The molecular formula is C18H32N2O5. The number of nitrogens with zero attached hydrogens (tertiary/aromatic N) is 2. The summed E-state index contributed by atoms with van der Waals surface area (Å²) < 4.78 is 10.5. The van der Waals surface area contributed by atoms with Gasteiger partial charge in [0.1, 0.15) is 12.2 Å². The Balaban J connectivity index is 1.78. The molecule has 2 heterocycles. The highest BCUT2D eigenvalue weighted by Crippen LogP contribution is 2.27. The second-order valence-electron chi connectivity index (χ2n) is 8.64. The van der Waals surface area contributed by atoms with Crippen molar-refractivity contribution in [1.29, 1.82) is 0 Å². The summed E-state index contributed by atoms with van der Waals surface area (Å²) in [6, 6.07) is -0.304. The summed E-state index contributed by atoms with van der Waals surface area (Å²) in [6.07, 6.45) is 2.04. The highest BCUT2D eigenvalue weighted by Gasteiger charge is 2.42. The first-order valence-electron chi connectivity index (χ1n) is 9.11. The summed E-state index contributed by atoms with van der Waals surface area (Å²) >= 11 is 0. The number of ether oxygens (including phenoxy) is 2. The second-order valence-corrected chi connectivity index (χ2v) is 8.64. The molecule has 25 heavy (non-hydrogen) atoms. The van der Waals surface area contributed by atoms with Crippen LogP contribution in [0.15, 0.2) is 0 Å². The summed E-state index contributed by atoms with van der Waals surface area (Å²) in [5, 5.41) is 10.2. The molecule has 1 N–H and O–H groups in total. The molecule has 2 saturated heterocycles. The van der Waals surface area contributed by atoms with Crippen LogP contribution in [0.1, 0.15) is 53.9 Å². The zero-order chi connectivity index (χ0) is 18.8. The van der Waals surface area contributed by atoms with E-state index in [2.05, 4.69) is 0 Å². The van der Waals surface area contributed by atoms with Crippen LogP contribution >= 0.6 is 0 Å². The minimum atomic E-state index is -0.980. The lowest BCUT2D eigenvalue weighted by molar-refractivity contribution is 0.00419. The molecule has 0 spiro atoms. The minimum absolute atomic E-state index is 0.236. The van der Waals surface area contributed by atoms with Crippen LogP contribution in [0.3, 0.4) is 0 Å². The van der Waals surface area contributed by atoms with Crippen molar-refractivity contribution in [2.45, 2.75) is 71.1 Å². The molecule has 1 atom stereocenters. The molecule has 2 amide bonds. The lowest BCUT2D eigenvalue weighted by atomic mass is 9.92. The van der Waals surface area contributed by atoms with E-state index in [1.807, 2.05) is 20.8 Å². The fourth-order valence-electron chi connectivity index (χ4n) is 3.34. The molecule has 0 aromatic heterocycles. The second kappa shape index (κ2) is 7.40. The first kappa shape index (κ1) is 19.8. The van der Waals surface area contributed by atoms with Crippen molar-refractivity contribution < 1.29 is 24.2 Å². The summed E-state index contributed by atoms with van der Waals surface area (Å²) in [7, 11) is 0. The number of likely N-dealkylation sites (tertiary alicyclic amines) is 1. The van der Waals surface area contributed by atoms with E-state index in [4.69, 9.17) is 9.47 Å². The van der Waals surface area contributed by atoms with Crippen LogP contribution in [0.5, 0.6) is 0 Å². The number of carbonyl (C=O) groups is 2. The maximum atomic E-state index is 12.1. The van der Waals surface area contributed by atoms with Crippen LogP contribution < -0.4 is 0 Å². The average molecular weight is 356 g/mol. The number of carbonyl (C=O) groups excluding carboxylic acids is 2. The van der Waals surface area contributed by atoms with E-state index in [1.165, 1.54) is 0 Å². The lowest BCUT2D eigenvalue weighted by Gasteiger charge is -2.35. The van der Waals surface area contributed by atoms with Gasteiger partial charge in [-0.05, 0) is 59.8 Å². The van der Waals surface area contributed by atoms with E-state index >= 15 is 0 Å². The zero-order valence-corrected chi connectivity index (χ0v) is 16.1. The molecule has 0 unspecified atom stereocenters. The predicted octanol–water partition coefficient (Wildman–Crippen LogP) is 2.62. The van der Waals surface area contributed by atoms with Gasteiger partial charge in [-0.15, -0.1) is 0 Å². The SMILES string of the molecule is CC(C)(C)OC(=O)N1CCC(CCN2C(=O)OC[C@H]2C(C)(C)O)CC1. The third-order valence-electron chi connectivity index (χ3n) is 4.84. The molecule has 2 rings (SSSR count). The van der Waals surface area contributed by atoms with E-state index in [0.717, 1.165) is 19.3 Å². The van der Waals surface area contributed by atoms with Crippen LogP contribution in [-0.4, -0.2) is 70.6 Å². The molecule has 0 bridgehead atoms. The average Bonchev–Trinajstić information content (AvgIpc) is 2.85. The zero-order valence-electron chi connectivity index (χ0n) is 16.1. The minimum Gasteiger partial charge on any atom is -0.447 e. The first-order valence-corrected chi connectivity index (χ1v) is 9.11. The number of piperidine rings is 1. The van der Waals surface area contributed by atoms with E-state index in [-0.39, 0.29) is 24.8 Å². The Morgan fingerprint density at radius 2 is 1.84 bits per heavy atom. The molecule has 0 radical (unpaired) electrons. The van der Waals surface area contributed by atoms with Gasteiger partial charge in [0.2, 0.25) is 0 Å². The van der Waals surface area contributed by atoms with Crippen molar-refractivity contribution in [3.8, 4) is 0 Å². The monoisotopic (exact) mass is 356 g/mol. The smallest absolute Gasteiger partial charge is 0.410 e. The van der Waals surface area contributed by atoms with E-state index in [9.17, 15) is 14.7 Å². The molecule has 0 aliphatic carbocycles. The van der Waals surface area contributed by atoms with Gasteiger partial charge in [0, 0.05) is 19.6 Å². The molecule has 2 aliphatic heterocycles. The van der Waals surface area contributed by atoms with Gasteiger partial charge in [-0.25, -0.2) is 9.59 Å². The third kappa shape index (κ3) is 5.49. The summed E-state index contributed by atoms with van der Waals surface area (Å²) in [4.78, 5) is 27.4. The largest absolute Gasteiger partial charge is 0.447 e. The Morgan fingerprint density at radius 3 is 2.36 bits per heavy atom. The van der Waals surface area contributed by atoms with Crippen molar-refractivity contribution in [1.82, 2.24) is 9.80 Å². The maximum absolute atomic E-state index is 12.1. The normalized spacial score (nSPS) is 23.0. The molecule has 0 saturated carbocycles. The number of rotatable bonds is 4. The highest BCUT2D eigenvalue weighted by atomic mass is 16.6. The molecule has 144 valence electrons. The van der Waals surface area contributed by atoms with E-state index in [1.54, 1.807) is 23.6 Å². The quantitative estimate of drug-likeness (QED) is 0.838. The molecule has 2 aliphatic rings. The summed E-state index contributed by atoms with van der Waals surface area (Å²) in [6.45, 7) is 11.2. The van der Waals surface area contributed by atoms with Crippen LogP contribution in [0.25, 0.3) is 0 Å². The van der Waals surface area contributed by atoms with Crippen molar-refractivity contribution in [2.75, 3.05) is 26.2 Å². The third-order valence-corrected chi connectivity index (χ3v) is 4.84. The first-order chi connectivity index (χ1) is 11.5. The fourth-order valence-corrected chi connectivity index (χ4v) is 3.34. The van der Waals surface area contributed by atoms with Gasteiger partial charge < -0.3 is 19.5 Å². The van der Waals surface area contributed by atoms with Gasteiger partial charge in [-0.2, -0.15) is 0 Å². The van der Waals surface area contributed by atoms with Crippen molar-refractivity contribution in [3.05, 3.63) is 0 Å². The lowest BCUT2D eigenvalue weighted by Crippen LogP contribution is -2.49. The number of aliphatic hydroxyl groups is 1. The number of hydrogen-bond donors (Lipinski definition) is 1. The van der Waals surface area contributed by atoms with Crippen molar-refractivity contribution >= 4 is 12.2 Å². The van der Waals surface area contributed by atoms with Gasteiger partial charge >= 0.3 is 12.2 Å². The topological polar surface area (TPSA) is 79.3 Å². The van der Waals surface area contributed by atoms with E-state index in [0.29, 0.717) is 25.6 Å². The maximum Gasteiger partial charge on any atom is 0.410 e. The van der Waals surface area contributed by atoms with Crippen LogP contribution in [0.2, 0.25) is 0 Å². The predicted molar refractivity (Wildman–Crippen MR) is 93.3 cm³/mol. The van der Waals surface area contributed by atoms with Crippen molar-refractivity contribution in [2.24, 2.45) is 5.92 Å². The number of hydrogen-bond acceptors (Lipinski definition) is 5. The van der Waals surface area contributed by atoms with Crippen molar-refractivity contribution in [3.63, 3.8) is 0 Å². The number of cyclic esters (lactones) is 1. The Hall–Kier alpha value is -1.50. The molecule has 2 fully saturated rings. The Morgan fingerprint density at radius 1 is 1.24 bits per heavy atom. The molecular weight excluding hydrogens is 324 g/mol. The van der Waals surface area contributed by atoms with Gasteiger partial charge in [0.25, 0.3) is 0 Å². The van der Waals surface area contributed by atoms with Gasteiger partial charge in [-0.3, -0.25) is 4.90 Å². The summed E-state index contributed by atoms with van der Waals surface area (Å²) in [5.41, 5.74) is -1.46. The van der Waals surface area contributed by atoms with Crippen LogP contribution in [-0.2, 0) is 9.47 Å². The van der Waals surface area contributed by atoms with Crippen LogP contribution in [0.4, 0.5) is 9.59 Å². The molecule has 7 heteroatoms. The molecule has 0 aromatic rings. The van der Waals surface area contributed by atoms with Gasteiger partial charge in [0.15, 0.2) is 0 Å².